The van der Waals surface area contributed by atoms with Gasteiger partial charge < -0.3 is 15.6 Å². The zero-order chi connectivity index (χ0) is 24.3. The minimum atomic E-state index is -0.398. The molecule has 0 saturated carbocycles. The van der Waals surface area contributed by atoms with Crippen molar-refractivity contribution in [3.63, 3.8) is 0 Å². The molecule has 6 heteroatoms. The molecule has 0 aliphatic carbocycles. The number of H-pyrrole nitrogens is 1. The SMILES string of the molecule is C[C@@H](NC(=O)CC[C@@]1(Cc2ccc(-c3ccccc3)cc2)CCC(=O)N1)c1nc2ccccc2[nH]1. The molecule has 35 heavy (non-hydrogen) atoms. The number of nitrogens with one attached hydrogen (secondary N) is 3. The number of aromatic amines is 1. The highest BCUT2D eigenvalue weighted by atomic mass is 16.2. The van der Waals surface area contributed by atoms with Crippen LogP contribution in [0.4, 0.5) is 0 Å². The lowest BCUT2D eigenvalue weighted by molar-refractivity contribution is -0.123. The molecule has 1 saturated heterocycles. The molecule has 2 heterocycles. The van der Waals surface area contributed by atoms with Crippen LogP contribution in [0.15, 0.2) is 78.9 Å². The minimum absolute atomic E-state index is 0.0436. The number of hydrogen-bond acceptors (Lipinski definition) is 3. The number of carbonyl (C=O) groups excluding carboxylic acids is 2. The number of hydrogen-bond donors (Lipinski definition) is 3. The van der Waals surface area contributed by atoms with Crippen molar-refractivity contribution in [2.24, 2.45) is 0 Å². The van der Waals surface area contributed by atoms with Crippen molar-refractivity contribution >= 4 is 22.8 Å². The lowest BCUT2D eigenvalue weighted by Crippen LogP contribution is -2.44. The molecule has 1 fully saturated rings. The second-order valence-corrected chi connectivity index (χ2v) is 9.50. The van der Waals surface area contributed by atoms with Crippen molar-refractivity contribution in [3.05, 3.63) is 90.3 Å². The number of imidazole rings is 1. The van der Waals surface area contributed by atoms with Gasteiger partial charge in [0.1, 0.15) is 5.82 Å². The smallest absolute Gasteiger partial charge is 0.220 e. The van der Waals surface area contributed by atoms with E-state index in [1.54, 1.807) is 0 Å². The standard InChI is InChI=1S/C29H30N4O2/c1-20(28-31-24-9-5-6-10-25(24)32-28)30-26(34)15-17-29(18-16-27(35)33-29)19-21-11-13-23(14-12-21)22-7-3-2-4-8-22/h2-14,20H,15-19H2,1H3,(H,30,34)(H,31,32)(H,33,35)/t20-,29+/m1/s1. The van der Waals surface area contributed by atoms with Gasteiger partial charge in [-0.1, -0.05) is 66.7 Å². The molecule has 178 valence electrons. The van der Waals surface area contributed by atoms with Crippen molar-refractivity contribution < 1.29 is 9.59 Å². The largest absolute Gasteiger partial charge is 0.350 e. The van der Waals surface area contributed by atoms with Gasteiger partial charge in [0.2, 0.25) is 11.8 Å². The molecule has 1 aromatic heterocycles. The maximum atomic E-state index is 12.8. The summed E-state index contributed by atoms with van der Waals surface area (Å²) in [7, 11) is 0. The molecule has 4 aromatic rings. The normalized spacial score (nSPS) is 18.4. The predicted octanol–water partition coefficient (Wildman–Crippen LogP) is 5.08. The average molecular weight is 467 g/mol. The van der Waals surface area contributed by atoms with E-state index in [9.17, 15) is 9.59 Å². The van der Waals surface area contributed by atoms with E-state index in [4.69, 9.17) is 0 Å². The van der Waals surface area contributed by atoms with Crippen molar-refractivity contribution in [2.45, 2.75) is 50.6 Å². The van der Waals surface area contributed by atoms with Gasteiger partial charge in [0, 0.05) is 18.4 Å². The lowest BCUT2D eigenvalue weighted by Gasteiger charge is -2.29. The minimum Gasteiger partial charge on any atom is -0.350 e. The Balaban J connectivity index is 1.22. The van der Waals surface area contributed by atoms with E-state index in [-0.39, 0.29) is 17.9 Å². The molecule has 1 aliphatic rings. The Labute approximate surface area is 205 Å². The van der Waals surface area contributed by atoms with Gasteiger partial charge in [-0.05, 0) is 55.0 Å². The first kappa shape index (κ1) is 22.8. The predicted molar refractivity (Wildman–Crippen MR) is 138 cm³/mol. The molecular formula is C29H30N4O2. The first-order valence-corrected chi connectivity index (χ1v) is 12.2. The Morgan fingerprint density at radius 3 is 2.43 bits per heavy atom. The maximum Gasteiger partial charge on any atom is 0.220 e. The first-order valence-electron chi connectivity index (χ1n) is 12.2. The summed E-state index contributed by atoms with van der Waals surface area (Å²) in [4.78, 5) is 32.8. The third-order valence-corrected chi connectivity index (χ3v) is 6.86. The molecule has 2 amide bonds. The van der Waals surface area contributed by atoms with E-state index >= 15 is 0 Å². The zero-order valence-electron chi connectivity index (χ0n) is 19.9. The third kappa shape index (κ3) is 5.27. The van der Waals surface area contributed by atoms with Crippen molar-refractivity contribution in [3.8, 4) is 11.1 Å². The fourth-order valence-corrected chi connectivity index (χ4v) is 4.93. The van der Waals surface area contributed by atoms with E-state index in [1.807, 2.05) is 49.4 Å². The van der Waals surface area contributed by atoms with Crippen LogP contribution in [0.25, 0.3) is 22.2 Å². The summed E-state index contributed by atoms with van der Waals surface area (Å²) in [5, 5.41) is 6.24. The summed E-state index contributed by atoms with van der Waals surface area (Å²) in [5.74, 6) is 0.752. The Hall–Kier alpha value is -3.93. The fraction of sp³-hybridized carbons (Fsp3) is 0.276. The van der Waals surface area contributed by atoms with Gasteiger partial charge in [0.05, 0.1) is 17.1 Å². The third-order valence-electron chi connectivity index (χ3n) is 6.86. The molecule has 6 nitrogen and oxygen atoms in total. The van der Waals surface area contributed by atoms with E-state index in [2.05, 4.69) is 57.0 Å². The number of benzene rings is 3. The lowest BCUT2D eigenvalue weighted by atomic mass is 9.84. The van der Waals surface area contributed by atoms with Crippen molar-refractivity contribution in [2.75, 3.05) is 0 Å². The van der Waals surface area contributed by atoms with Gasteiger partial charge in [-0.25, -0.2) is 4.98 Å². The van der Waals surface area contributed by atoms with Gasteiger partial charge >= 0.3 is 0 Å². The summed E-state index contributed by atoms with van der Waals surface area (Å²) in [6, 6.07) is 26.4. The number of carbonyl (C=O) groups is 2. The van der Waals surface area contributed by atoms with Crippen molar-refractivity contribution in [1.29, 1.82) is 0 Å². The van der Waals surface area contributed by atoms with E-state index in [0.717, 1.165) is 34.4 Å². The topological polar surface area (TPSA) is 86.9 Å². The van der Waals surface area contributed by atoms with Crippen LogP contribution in [0.5, 0.6) is 0 Å². The van der Waals surface area contributed by atoms with Gasteiger partial charge in [0.25, 0.3) is 0 Å². The first-order chi connectivity index (χ1) is 17.0. The van der Waals surface area contributed by atoms with Crippen LogP contribution < -0.4 is 10.6 Å². The van der Waals surface area contributed by atoms with Crippen LogP contribution in [0, 0.1) is 0 Å². The van der Waals surface area contributed by atoms with E-state index < -0.39 is 5.54 Å². The second-order valence-electron chi connectivity index (χ2n) is 9.50. The summed E-state index contributed by atoms with van der Waals surface area (Å²) >= 11 is 0. The Morgan fingerprint density at radius 2 is 1.71 bits per heavy atom. The molecule has 1 aliphatic heterocycles. The molecule has 3 N–H and O–H groups in total. The number of para-hydroxylation sites is 2. The Bertz CT molecular complexity index is 1300. The van der Waals surface area contributed by atoms with Gasteiger partial charge in [-0.3, -0.25) is 9.59 Å². The van der Waals surface area contributed by atoms with Gasteiger partial charge in [-0.15, -0.1) is 0 Å². The number of aromatic nitrogens is 2. The number of nitrogens with zero attached hydrogens (tertiary/aromatic N) is 1. The molecule has 5 rings (SSSR count). The second kappa shape index (κ2) is 9.74. The number of rotatable bonds is 8. The molecule has 0 bridgehead atoms. The van der Waals surface area contributed by atoms with Gasteiger partial charge in [0.15, 0.2) is 0 Å². The summed E-state index contributed by atoms with van der Waals surface area (Å²) in [6.45, 7) is 1.93. The summed E-state index contributed by atoms with van der Waals surface area (Å²) < 4.78 is 0. The van der Waals surface area contributed by atoms with E-state index in [1.165, 1.54) is 5.56 Å². The fourth-order valence-electron chi connectivity index (χ4n) is 4.93. The summed E-state index contributed by atoms with van der Waals surface area (Å²) in [6.07, 6.45) is 2.88. The highest BCUT2D eigenvalue weighted by Crippen LogP contribution is 2.30. The van der Waals surface area contributed by atoms with E-state index in [0.29, 0.717) is 25.7 Å². The average Bonchev–Trinajstić information content (AvgIpc) is 3.48. The van der Waals surface area contributed by atoms with Crippen LogP contribution in [-0.4, -0.2) is 27.3 Å². The van der Waals surface area contributed by atoms with Crippen LogP contribution >= 0.6 is 0 Å². The monoisotopic (exact) mass is 466 g/mol. The molecule has 3 aromatic carbocycles. The molecule has 0 spiro atoms. The highest BCUT2D eigenvalue weighted by Gasteiger charge is 2.38. The quantitative estimate of drug-likeness (QED) is 0.338. The summed E-state index contributed by atoms with van der Waals surface area (Å²) in [5.41, 5.74) is 4.94. The Kier molecular flexibility index (Phi) is 6.36. The molecule has 2 atom stereocenters. The molecule has 0 radical (unpaired) electrons. The van der Waals surface area contributed by atoms with Crippen molar-refractivity contribution in [1.82, 2.24) is 20.6 Å². The zero-order valence-corrected chi connectivity index (χ0v) is 19.9. The number of amides is 2. The van der Waals surface area contributed by atoms with Crippen LogP contribution in [-0.2, 0) is 16.0 Å². The maximum absolute atomic E-state index is 12.8. The molecule has 0 unspecified atom stereocenters. The van der Waals surface area contributed by atoms with Crippen LogP contribution in [0.2, 0.25) is 0 Å². The number of fused-ring (bicyclic) bond motifs is 1. The molecular weight excluding hydrogens is 436 g/mol. The van der Waals surface area contributed by atoms with Crippen LogP contribution in [0.1, 0.15) is 50.0 Å². The highest BCUT2D eigenvalue weighted by molar-refractivity contribution is 5.80. The van der Waals surface area contributed by atoms with Crippen LogP contribution in [0.3, 0.4) is 0 Å². The Morgan fingerprint density at radius 1 is 1.00 bits per heavy atom. The van der Waals surface area contributed by atoms with Gasteiger partial charge in [-0.2, -0.15) is 0 Å².